The highest BCUT2D eigenvalue weighted by Crippen LogP contribution is 2.22. The molecule has 0 aromatic heterocycles. The molecular formula is C14H22N2O2. The van der Waals surface area contributed by atoms with Crippen LogP contribution in [0.2, 0.25) is 0 Å². The van der Waals surface area contributed by atoms with Crippen LogP contribution >= 0.6 is 0 Å². The number of carbonyl (C=O) groups is 1. The summed E-state index contributed by atoms with van der Waals surface area (Å²) in [5.41, 5.74) is 6.42. The fourth-order valence-electron chi connectivity index (χ4n) is 1.76. The summed E-state index contributed by atoms with van der Waals surface area (Å²) in [5, 5.41) is 0. The van der Waals surface area contributed by atoms with Crippen molar-refractivity contribution in [3.05, 3.63) is 24.3 Å². The standard InChI is InChI=1S/C14H22N2O2/c1-11(2)9-14(17)16(8-7-15)12-5-4-6-13(10-12)18-3/h4-6,10-11H,7-9,15H2,1-3H3. The van der Waals surface area contributed by atoms with Crippen molar-refractivity contribution in [1.29, 1.82) is 0 Å². The Morgan fingerprint density at radius 1 is 1.44 bits per heavy atom. The second kappa shape index (κ2) is 7.01. The third-order valence-corrected chi connectivity index (χ3v) is 2.60. The molecule has 1 aromatic carbocycles. The number of benzene rings is 1. The molecule has 18 heavy (non-hydrogen) atoms. The van der Waals surface area contributed by atoms with Gasteiger partial charge >= 0.3 is 0 Å². The van der Waals surface area contributed by atoms with Crippen LogP contribution in [0.4, 0.5) is 5.69 Å². The highest BCUT2D eigenvalue weighted by atomic mass is 16.5. The van der Waals surface area contributed by atoms with E-state index in [1.807, 2.05) is 38.1 Å². The minimum absolute atomic E-state index is 0.101. The molecule has 100 valence electrons. The highest BCUT2D eigenvalue weighted by Gasteiger charge is 2.16. The predicted molar refractivity (Wildman–Crippen MR) is 73.9 cm³/mol. The van der Waals surface area contributed by atoms with Crippen LogP contribution in [0, 0.1) is 5.92 Å². The summed E-state index contributed by atoms with van der Waals surface area (Å²) in [7, 11) is 1.61. The Balaban J connectivity index is 2.92. The third kappa shape index (κ3) is 4.04. The van der Waals surface area contributed by atoms with E-state index in [1.165, 1.54) is 0 Å². The fourth-order valence-corrected chi connectivity index (χ4v) is 1.76. The molecule has 0 radical (unpaired) electrons. The van der Waals surface area contributed by atoms with Crippen molar-refractivity contribution in [1.82, 2.24) is 0 Å². The first-order valence-corrected chi connectivity index (χ1v) is 6.23. The number of nitrogens with zero attached hydrogens (tertiary/aromatic N) is 1. The number of carbonyl (C=O) groups excluding carboxylic acids is 1. The second-order valence-corrected chi connectivity index (χ2v) is 4.63. The molecule has 0 aliphatic carbocycles. The molecule has 0 atom stereocenters. The van der Waals surface area contributed by atoms with Crippen molar-refractivity contribution >= 4 is 11.6 Å². The van der Waals surface area contributed by atoms with Crippen LogP contribution < -0.4 is 15.4 Å². The Hall–Kier alpha value is -1.55. The Labute approximate surface area is 109 Å². The van der Waals surface area contributed by atoms with Gasteiger partial charge in [0.1, 0.15) is 5.75 Å². The monoisotopic (exact) mass is 250 g/mol. The summed E-state index contributed by atoms with van der Waals surface area (Å²) in [6.07, 6.45) is 0.525. The number of nitrogens with two attached hydrogens (primary N) is 1. The van der Waals surface area contributed by atoms with E-state index in [0.29, 0.717) is 25.4 Å². The number of rotatable bonds is 6. The van der Waals surface area contributed by atoms with E-state index in [9.17, 15) is 4.79 Å². The van der Waals surface area contributed by atoms with Crippen LogP contribution in [0.5, 0.6) is 5.75 Å². The molecule has 0 unspecified atom stereocenters. The van der Waals surface area contributed by atoms with Gasteiger partial charge in [-0.05, 0) is 18.1 Å². The van der Waals surface area contributed by atoms with E-state index in [1.54, 1.807) is 12.0 Å². The molecule has 4 nitrogen and oxygen atoms in total. The minimum Gasteiger partial charge on any atom is -0.497 e. The SMILES string of the molecule is COc1cccc(N(CCN)C(=O)CC(C)C)c1. The summed E-state index contributed by atoms with van der Waals surface area (Å²) in [6, 6.07) is 7.49. The van der Waals surface area contributed by atoms with Gasteiger partial charge < -0.3 is 15.4 Å². The number of methoxy groups -OCH3 is 1. The van der Waals surface area contributed by atoms with Crippen LogP contribution in [0.1, 0.15) is 20.3 Å². The molecule has 0 spiro atoms. The third-order valence-electron chi connectivity index (χ3n) is 2.60. The normalized spacial score (nSPS) is 10.5. The first kappa shape index (κ1) is 14.5. The molecule has 0 aliphatic heterocycles. The van der Waals surface area contributed by atoms with Gasteiger partial charge in [-0.3, -0.25) is 4.79 Å². The zero-order chi connectivity index (χ0) is 13.5. The smallest absolute Gasteiger partial charge is 0.227 e. The number of hydrogen-bond acceptors (Lipinski definition) is 3. The molecule has 2 N–H and O–H groups in total. The van der Waals surface area contributed by atoms with Crippen molar-refractivity contribution in [3.8, 4) is 5.75 Å². The summed E-state index contributed by atoms with van der Waals surface area (Å²) < 4.78 is 5.17. The van der Waals surface area contributed by atoms with E-state index in [4.69, 9.17) is 10.5 Å². The van der Waals surface area contributed by atoms with Crippen molar-refractivity contribution < 1.29 is 9.53 Å². The Morgan fingerprint density at radius 3 is 2.72 bits per heavy atom. The fraction of sp³-hybridized carbons (Fsp3) is 0.500. The van der Waals surface area contributed by atoms with E-state index in [0.717, 1.165) is 11.4 Å². The van der Waals surface area contributed by atoms with Crippen molar-refractivity contribution in [2.75, 3.05) is 25.1 Å². The Kier molecular flexibility index (Phi) is 5.65. The van der Waals surface area contributed by atoms with Gasteiger partial charge in [0.05, 0.1) is 7.11 Å². The summed E-state index contributed by atoms with van der Waals surface area (Å²) in [4.78, 5) is 13.9. The van der Waals surface area contributed by atoms with E-state index >= 15 is 0 Å². The molecule has 1 amide bonds. The van der Waals surface area contributed by atoms with Crippen LogP contribution in [0.25, 0.3) is 0 Å². The molecule has 1 aromatic rings. The summed E-state index contributed by atoms with van der Waals surface area (Å²) >= 11 is 0. The zero-order valence-corrected chi connectivity index (χ0v) is 11.3. The van der Waals surface area contributed by atoms with Crippen molar-refractivity contribution in [3.63, 3.8) is 0 Å². The van der Waals surface area contributed by atoms with Gasteiger partial charge in [0, 0.05) is 31.3 Å². The van der Waals surface area contributed by atoms with E-state index in [2.05, 4.69) is 0 Å². The van der Waals surface area contributed by atoms with Gasteiger partial charge in [-0.15, -0.1) is 0 Å². The largest absolute Gasteiger partial charge is 0.497 e. The lowest BCUT2D eigenvalue weighted by Gasteiger charge is -2.23. The van der Waals surface area contributed by atoms with Gasteiger partial charge in [0.2, 0.25) is 5.91 Å². The molecule has 0 heterocycles. The Morgan fingerprint density at radius 2 is 2.17 bits per heavy atom. The van der Waals surface area contributed by atoms with E-state index in [-0.39, 0.29) is 5.91 Å². The molecule has 4 heteroatoms. The number of amides is 1. The molecule has 1 rings (SSSR count). The van der Waals surface area contributed by atoms with Gasteiger partial charge in [0.15, 0.2) is 0 Å². The predicted octanol–water partition coefficient (Wildman–Crippen LogP) is 2.03. The topological polar surface area (TPSA) is 55.6 Å². The maximum atomic E-state index is 12.2. The van der Waals surface area contributed by atoms with Crippen molar-refractivity contribution in [2.24, 2.45) is 11.7 Å². The first-order chi connectivity index (χ1) is 8.58. The van der Waals surface area contributed by atoms with Crippen molar-refractivity contribution in [2.45, 2.75) is 20.3 Å². The van der Waals surface area contributed by atoms with Crippen LogP contribution in [-0.4, -0.2) is 26.1 Å². The maximum Gasteiger partial charge on any atom is 0.227 e. The molecule has 0 saturated heterocycles. The van der Waals surface area contributed by atoms with Crippen LogP contribution in [-0.2, 0) is 4.79 Å². The van der Waals surface area contributed by atoms with Crippen LogP contribution in [0.15, 0.2) is 24.3 Å². The van der Waals surface area contributed by atoms with Crippen LogP contribution in [0.3, 0.4) is 0 Å². The average Bonchev–Trinajstić information content (AvgIpc) is 2.35. The molecule has 0 bridgehead atoms. The molecule has 0 aliphatic rings. The lowest BCUT2D eigenvalue weighted by atomic mass is 10.1. The molecule has 0 saturated carbocycles. The summed E-state index contributed by atoms with van der Waals surface area (Å²) in [5.74, 6) is 1.18. The Bertz CT molecular complexity index is 391. The van der Waals surface area contributed by atoms with Gasteiger partial charge in [-0.1, -0.05) is 19.9 Å². The average molecular weight is 250 g/mol. The quantitative estimate of drug-likeness (QED) is 0.840. The van der Waals surface area contributed by atoms with Gasteiger partial charge in [-0.2, -0.15) is 0 Å². The number of hydrogen-bond donors (Lipinski definition) is 1. The van der Waals surface area contributed by atoms with E-state index < -0.39 is 0 Å². The van der Waals surface area contributed by atoms with Gasteiger partial charge in [-0.25, -0.2) is 0 Å². The maximum absolute atomic E-state index is 12.2. The minimum atomic E-state index is 0.101. The second-order valence-electron chi connectivity index (χ2n) is 4.63. The number of anilines is 1. The molecular weight excluding hydrogens is 228 g/mol. The first-order valence-electron chi connectivity index (χ1n) is 6.23. The lowest BCUT2D eigenvalue weighted by molar-refractivity contribution is -0.119. The molecule has 0 fully saturated rings. The summed E-state index contributed by atoms with van der Waals surface area (Å²) in [6.45, 7) is 5.04. The van der Waals surface area contributed by atoms with Gasteiger partial charge in [0.25, 0.3) is 0 Å². The zero-order valence-electron chi connectivity index (χ0n) is 11.3. The lowest BCUT2D eigenvalue weighted by Crippen LogP contribution is -2.36. The highest BCUT2D eigenvalue weighted by molar-refractivity contribution is 5.93. The number of ether oxygens (including phenoxy) is 1.